The topological polar surface area (TPSA) is 76.4 Å². The first-order valence-corrected chi connectivity index (χ1v) is 10.6. The highest BCUT2D eigenvalue weighted by molar-refractivity contribution is 5.78. The van der Waals surface area contributed by atoms with Gasteiger partial charge in [0.25, 0.3) is 0 Å². The number of likely N-dealkylation sites (tertiary alicyclic amines) is 1. The van der Waals surface area contributed by atoms with Gasteiger partial charge in [-0.25, -0.2) is 4.79 Å². The van der Waals surface area contributed by atoms with Gasteiger partial charge in [0.05, 0.1) is 18.7 Å². The number of aliphatic hydroxyl groups is 1. The van der Waals surface area contributed by atoms with Crippen molar-refractivity contribution >= 4 is 11.6 Å². The molecule has 5 nitrogen and oxygen atoms in total. The fourth-order valence-electron chi connectivity index (χ4n) is 5.15. The number of nitrogens with one attached hydrogen (secondary N) is 1. The number of nitriles is 1. The third-order valence-electron chi connectivity index (χ3n) is 6.61. The number of nitrogens with zero attached hydrogens (tertiary/aromatic N) is 2. The van der Waals surface area contributed by atoms with Crippen molar-refractivity contribution < 1.29 is 9.90 Å². The summed E-state index contributed by atoms with van der Waals surface area (Å²) in [4.78, 5) is 14.5. The number of allylic oxidation sites excluding steroid dienone is 2. The SMILES string of the molecule is N#C[C@H]1[C@H](c2ccccc2C2=CCCC2)[C@H](CO)N1C(=O)NC1CCCCC1. The second-order valence-corrected chi connectivity index (χ2v) is 8.25. The average molecular weight is 380 g/mol. The van der Waals surface area contributed by atoms with Crippen LogP contribution in [0.2, 0.25) is 0 Å². The standard InChI is InChI=1S/C23H29N3O2/c24-14-20-22(19-13-7-6-12-18(19)16-8-4-5-9-16)21(15-27)26(20)23(28)25-17-10-2-1-3-11-17/h6-8,12-13,17,20-22,27H,1-5,9-11,15H2,(H,25,28)/t20-,21-,22-/m0/s1. The number of benzene rings is 1. The minimum Gasteiger partial charge on any atom is -0.394 e. The van der Waals surface area contributed by atoms with Gasteiger partial charge in [-0.3, -0.25) is 0 Å². The van der Waals surface area contributed by atoms with E-state index in [-0.39, 0.29) is 30.6 Å². The van der Waals surface area contributed by atoms with Crippen LogP contribution in [-0.2, 0) is 0 Å². The third kappa shape index (κ3) is 3.42. The molecule has 28 heavy (non-hydrogen) atoms. The van der Waals surface area contributed by atoms with E-state index in [4.69, 9.17) is 0 Å². The molecule has 0 aromatic heterocycles. The quantitative estimate of drug-likeness (QED) is 0.832. The Hall–Kier alpha value is -2.32. The van der Waals surface area contributed by atoms with Gasteiger partial charge in [0.2, 0.25) is 0 Å². The first kappa shape index (κ1) is 19.0. The number of hydrogen-bond acceptors (Lipinski definition) is 3. The minimum atomic E-state index is -0.538. The van der Waals surface area contributed by atoms with Gasteiger partial charge in [0.15, 0.2) is 0 Å². The van der Waals surface area contributed by atoms with Crippen LogP contribution in [0.15, 0.2) is 30.3 Å². The van der Waals surface area contributed by atoms with Crippen molar-refractivity contribution in [2.75, 3.05) is 6.61 Å². The molecule has 5 heteroatoms. The first-order valence-electron chi connectivity index (χ1n) is 10.6. The van der Waals surface area contributed by atoms with Crippen LogP contribution in [0.25, 0.3) is 5.57 Å². The van der Waals surface area contributed by atoms with Gasteiger partial charge in [-0.15, -0.1) is 0 Å². The maximum absolute atomic E-state index is 12.9. The van der Waals surface area contributed by atoms with Crippen LogP contribution in [0.4, 0.5) is 4.79 Å². The lowest BCUT2D eigenvalue weighted by atomic mass is 9.73. The fraction of sp³-hybridized carbons (Fsp3) is 0.565. The number of hydrogen-bond donors (Lipinski definition) is 2. The molecule has 2 N–H and O–H groups in total. The smallest absolute Gasteiger partial charge is 0.319 e. The maximum atomic E-state index is 12.9. The molecule has 0 radical (unpaired) electrons. The lowest BCUT2D eigenvalue weighted by molar-refractivity contribution is 0.0152. The average Bonchev–Trinajstić information content (AvgIpc) is 3.24. The summed E-state index contributed by atoms with van der Waals surface area (Å²) in [5, 5.41) is 23.0. The van der Waals surface area contributed by atoms with Gasteiger partial charge in [-0.05, 0) is 48.8 Å². The zero-order valence-electron chi connectivity index (χ0n) is 16.3. The molecular weight excluding hydrogens is 350 g/mol. The summed E-state index contributed by atoms with van der Waals surface area (Å²) in [6.45, 7) is -0.131. The molecule has 3 atom stereocenters. The summed E-state index contributed by atoms with van der Waals surface area (Å²) in [5.74, 6) is -0.148. The Balaban J connectivity index is 1.56. The van der Waals surface area contributed by atoms with Crippen molar-refractivity contribution in [3.05, 3.63) is 41.5 Å². The molecule has 1 aromatic rings. The molecule has 0 unspecified atom stereocenters. The molecule has 0 bridgehead atoms. The second-order valence-electron chi connectivity index (χ2n) is 8.25. The van der Waals surface area contributed by atoms with Crippen LogP contribution >= 0.6 is 0 Å². The Morgan fingerprint density at radius 2 is 2.00 bits per heavy atom. The van der Waals surface area contributed by atoms with Gasteiger partial charge in [-0.2, -0.15) is 5.26 Å². The highest BCUT2D eigenvalue weighted by Gasteiger charge is 2.52. The van der Waals surface area contributed by atoms with E-state index in [2.05, 4.69) is 29.6 Å². The summed E-state index contributed by atoms with van der Waals surface area (Å²) < 4.78 is 0. The molecular formula is C23H29N3O2. The lowest BCUT2D eigenvalue weighted by Gasteiger charge is -2.52. The van der Waals surface area contributed by atoms with Gasteiger partial charge >= 0.3 is 6.03 Å². The van der Waals surface area contributed by atoms with Crippen molar-refractivity contribution in [3.8, 4) is 6.07 Å². The van der Waals surface area contributed by atoms with Crippen LogP contribution in [0.1, 0.15) is 68.4 Å². The van der Waals surface area contributed by atoms with E-state index in [0.717, 1.165) is 50.5 Å². The Kier molecular flexibility index (Phi) is 5.68. The van der Waals surface area contributed by atoms with Crippen molar-refractivity contribution in [1.29, 1.82) is 5.26 Å². The summed E-state index contributed by atoms with van der Waals surface area (Å²) in [6, 6.07) is 9.62. The molecule has 2 aliphatic carbocycles. The Bertz CT molecular complexity index is 791. The van der Waals surface area contributed by atoms with Crippen LogP contribution in [0, 0.1) is 11.3 Å². The predicted octanol–water partition coefficient (Wildman–Crippen LogP) is 3.95. The molecule has 4 rings (SSSR count). The monoisotopic (exact) mass is 379 g/mol. The molecule has 1 aromatic carbocycles. The zero-order valence-corrected chi connectivity index (χ0v) is 16.3. The van der Waals surface area contributed by atoms with E-state index in [1.165, 1.54) is 17.6 Å². The minimum absolute atomic E-state index is 0.131. The molecule has 1 saturated heterocycles. The highest BCUT2D eigenvalue weighted by atomic mass is 16.3. The zero-order chi connectivity index (χ0) is 19.5. The fourth-order valence-corrected chi connectivity index (χ4v) is 5.15. The van der Waals surface area contributed by atoms with E-state index >= 15 is 0 Å². The van der Waals surface area contributed by atoms with Gasteiger partial charge in [0.1, 0.15) is 6.04 Å². The highest BCUT2D eigenvalue weighted by Crippen LogP contribution is 2.44. The Morgan fingerprint density at radius 3 is 2.68 bits per heavy atom. The molecule has 1 heterocycles. The summed E-state index contributed by atoms with van der Waals surface area (Å²) in [5.41, 5.74) is 3.59. The largest absolute Gasteiger partial charge is 0.394 e. The lowest BCUT2D eigenvalue weighted by Crippen LogP contribution is -2.68. The van der Waals surface area contributed by atoms with Gasteiger partial charge in [-0.1, -0.05) is 49.6 Å². The van der Waals surface area contributed by atoms with Crippen LogP contribution < -0.4 is 5.32 Å². The Labute approximate surface area is 167 Å². The van der Waals surface area contributed by atoms with E-state index < -0.39 is 6.04 Å². The van der Waals surface area contributed by atoms with Crippen LogP contribution in [0.3, 0.4) is 0 Å². The second kappa shape index (κ2) is 8.36. The molecule has 148 valence electrons. The van der Waals surface area contributed by atoms with Crippen molar-refractivity contribution in [2.24, 2.45) is 0 Å². The van der Waals surface area contributed by atoms with E-state index in [9.17, 15) is 15.2 Å². The summed E-state index contributed by atoms with van der Waals surface area (Å²) in [7, 11) is 0. The Morgan fingerprint density at radius 1 is 1.21 bits per heavy atom. The van der Waals surface area contributed by atoms with Crippen molar-refractivity contribution in [2.45, 2.75) is 75.4 Å². The number of urea groups is 1. The molecule has 0 spiro atoms. The molecule has 2 amide bonds. The van der Waals surface area contributed by atoms with Crippen LogP contribution in [0.5, 0.6) is 0 Å². The van der Waals surface area contributed by atoms with Gasteiger partial charge in [0, 0.05) is 12.0 Å². The maximum Gasteiger partial charge on any atom is 0.319 e. The van der Waals surface area contributed by atoms with E-state index in [0.29, 0.717) is 0 Å². The number of carbonyl (C=O) groups is 1. The predicted molar refractivity (Wildman–Crippen MR) is 109 cm³/mol. The summed E-state index contributed by atoms with van der Waals surface area (Å²) in [6.07, 6.45) is 11.1. The van der Waals surface area contributed by atoms with Gasteiger partial charge < -0.3 is 15.3 Å². The molecule has 1 aliphatic heterocycles. The molecule has 3 aliphatic rings. The number of carbonyl (C=O) groups excluding carboxylic acids is 1. The third-order valence-corrected chi connectivity index (χ3v) is 6.61. The molecule has 2 fully saturated rings. The number of rotatable bonds is 4. The number of amides is 2. The normalized spacial score (nSPS) is 27.6. The number of aliphatic hydroxyl groups excluding tert-OH is 1. The first-order chi connectivity index (χ1) is 13.7. The van der Waals surface area contributed by atoms with E-state index in [1.54, 1.807) is 4.90 Å². The van der Waals surface area contributed by atoms with E-state index in [1.807, 2.05) is 12.1 Å². The van der Waals surface area contributed by atoms with Crippen LogP contribution in [-0.4, -0.2) is 40.8 Å². The molecule has 1 saturated carbocycles. The van der Waals surface area contributed by atoms with Crippen molar-refractivity contribution in [1.82, 2.24) is 10.2 Å². The van der Waals surface area contributed by atoms with Crippen molar-refractivity contribution in [3.63, 3.8) is 0 Å². The summed E-state index contributed by atoms with van der Waals surface area (Å²) >= 11 is 0.